The summed E-state index contributed by atoms with van der Waals surface area (Å²) < 4.78 is 15.8. The average molecular weight is 245 g/mol. The lowest BCUT2D eigenvalue weighted by molar-refractivity contribution is 0.596. The molecule has 1 fully saturated rings. The molecular formula is C14H16FN3. The van der Waals surface area contributed by atoms with Crippen molar-refractivity contribution < 1.29 is 4.39 Å². The van der Waals surface area contributed by atoms with Crippen LogP contribution in [-0.2, 0) is 0 Å². The van der Waals surface area contributed by atoms with Crippen molar-refractivity contribution in [2.75, 3.05) is 0 Å². The van der Waals surface area contributed by atoms with E-state index < -0.39 is 0 Å². The van der Waals surface area contributed by atoms with Gasteiger partial charge in [-0.1, -0.05) is 13.8 Å². The van der Waals surface area contributed by atoms with Crippen molar-refractivity contribution >= 4 is 0 Å². The fourth-order valence-corrected chi connectivity index (χ4v) is 2.03. The quantitative estimate of drug-likeness (QED) is 0.828. The largest absolute Gasteiger partial charge is 0.269 e. The van der Waals surface area contributed by atoms with Gasteiger partial charge in [-0.2, -0.15) is 5.10 Å². The Morgan fingerprint density at radius 2 is 2.11 bits per heavy atom. The molecule has 1 saturated carbocycles. The monoisotopic (exact) mass is 245 g/mol. The van der Waals surface area contributed by atoms with Crippen molar-refractivity contribution in [1.29, 1.82) is 0 Å². The smallest absolute Gasteiger partial charge is 0.130 e. The molecule has 94 valence electrons. The van der Waals surface area contributed by atoms with Crippen LogP contribution in [0.1, 0.15) is 44.2 Å². The number of hydrogen-bond donors (Lipinski definition) is 0. The Labute approximate surface area is 106 Å². The Morgan fingerprint density at radius 1 is 1.33 bits per heavy atom. The van der Waals surface area contributed by atoms with Crippen LogP contribution < -0.4 is 0 Å². The molecule has 4 heteroatoms. The van der Waals surface area contributed by atoms with E-state index in [4.69, 9.17) is 0 Å². The first-order valence-corrected chi connectivity index (χ1v) is 6.35. The zero-order valence-corrected chi connectivity index (χ0v) is 10.6. The fraction of sp³-hybridized carbons (Fsp3) is 0.429. The molecule has 0 bridgehead atoms. The van der Waals surface area contributed by atoms with E-state index in [1.807, 2.05) is 24.7 Å². The van der Waals surface area contributed by atoms with Crippen LogP contribution in [0.15, 0.2) is 24.7 Å². The van der Waals surface area contributed by atoms with Gasteiger partial charge in [-0.15, -0.1) is 0 Å². The lowest BCUT2D eigenvalue weighted by Crippen LogP contribution is -1.96. The first kappa shape index (κ1) is 11.4. The van der Waals surface area contributed by atoms with Gasteiger partial charge in [-0.3, -0.25) is 9.67 Å². The normalized spacial score (nSPS) is 15.3. The topological polar surface area (TPSA) is 30.7 Å². The van der Waals surface area contributed by atoms with Crippen molar-refractivity contribution in [2.45, 2.75) is 38.6 Å². The molecule has 2 aromatic heterocycles. The molecule has 0 unspecified atom stereocenters. The summed E-state index contributed by atoms with van der Waals surface area (Å²) in [5.74, 6) is -0.0325. The molecule has 0 aliphatic heterocycles. The van der Waals surface area contributed by atoms with Crippen LogP contribution in [0, 0.1) is 5.82 Å². The van der Waals surface area contributed by atoms with E-state index in [-0.39, 0.29) is 11.7 Å². The summed E-state index contributed by atoms with van der Waals surface area (Å²) in [6.45, 7) is 3.93. The molecule has 3 nitrogen and oxygen atoms in total. The van der Waals surface area contributed by atoms with Gasteiger partial charge in [-0.05, 0) is 18.8 Å². The molecule has 2 heterocycles. The molecule has 1 aliphatic rings. The molecule has 18 heavy (non-hydrogen) atoms. The van der Waals surface area contributed by atoms with Crippen molar-refractivity contribution in [3.05, 3.63) is 36.0 Å². The lowest BCUT2D eigenvalue weighted by atomic mass is 10.0. The van der Waals surface area contributed by atoms with E-state index in [2.05, 4.69) is 10.1 Å². The number of hydrogen-bond acceptors (Lipinski definition) is 2. The molecular weight excluding hydrogens is 229 g/mol. The number of pyridine rings is 1. The van der Waals surface area contributed by atoms with E-state index in [1.165, 1.54) is 18.9 Å². The highest BCUT2D eigenvalue weighted by molar-refractivity contribution is 5.57. The second-order valence-electron chi connectivity index (χ2n) is 5.19. The molecule has 0 radical (unpaired) electrons. The van der Waals surface area contributed by atoms with Crippen LogP contribution in [0.3, 0.4) is 0 Å². The molecule has 0 amide bonds. The summed E-state index contributed by atoms with van der Waals surface area (Å²) in [5.41, 5.74) is 2.20. The van der Waals surface area contributed by atoms with Crippen molar-refractivity contribution in [1.82, 2.24) is 14.8 Å². The van der Waals surface area contributed by atoms with E-state index in [0.29, 0.717) is 17.3 Å². The van der Waals surface area contributed by atoms with E-state index in [9.17, 15) is 4.39 Å². The van der Waals surface area contributed by atoms with Gasteiger partial charge in [0.25, 0.3) is 0 Å². The zero-order valence-electron chi connectivity index (χ0n) is 10.6. The molecule has 1 aliphatic carbocycles. The minimum atomic E-state index is -0.186. The highest BCUT2D eigenvalue weighted by atomic mass is 19.1. The Bertz CT molecular complexity index is 570. The third-order valence-electron chi connectivity index (χ3n) is 3.32. The van der Waals surface area contributed by atoms with Crippen molar-refractivity contribution in [3.63, 3.8) is 0 Å². The predicted molar refractivity (Wildman–Crippen MR) is 67.8 cm³/mol. The maximum Gasteiger partial charge on any atom is 0.130 e. The third-order valence-corrected chi connectivity index (χ3v) is 3.32. The minimum absolute atomic E-state index is 0.153. The highest BCUT2D eigenvalue weighted by Crippen LogP contribution is 2.35. The average Bonchev–Trinajstić information content (AvgIpc) is 3.06. The zero-order chi connectivity index (χ0) is 12.7. The van der Waals surface area contributed by atoms with E-state index in [1.54, 1.807) is 12.4 Å². The summed E-state index contributed by atoms with van der Waals surface area (Å²) in [6.07, 6.45) is 7.72. The second-order valence-corrected chi connectivity index (χ2v) is 5.19. The molecule has 2 aromatic rings. The van der Waals surface area contributed by atoms with Gasteiger partial charge in [-0.25, -0.2) is 4.39 Å². The van der Waals surface area contributed by atoms with Crippen molar-refractivity contribution in [2.24, 2.45) is 0 Å². The van der Waals surface area contributed by atoms with Gasteiger partial charge < -0.3 is 0 Å². The van der Waals surface area contributed by atoms with Gasteiger partial charge in [0.15, 0.2) is 0 Å². The first-order valence-electron chi connectivity index (χ1n) is 6.35. The van der Waals surface area contributed by atoms with Gasteiger partial charge in [0.05, 0.1) is 17.9 Å². The molecule has 0 spiro atoms. The number of aromatic nitrogens is 3. The van der Waals surface area contributed by atoms with Gasteiger partial charge in [0, 0.05) is 29.6 Å². The van der Waals surface area contributed by atoms with Gasteiger partial charge >= 0.3 is 0 Å². The molecule has 3 rings (SSSR count). The standard InChI is InChI=1S/C14H16FN3/c1-9(2)12-7-16-14(5-13(12)15)10-6-17-18(8-10)11-3-4-11/h5-9,11H,3-4H2,1-2H3. The summed E-state index contributed by atoms with van der Waals surface area (Å²) in [5, 5.41) is 4.30. The summed E-state index contributed by atoms with van der Waals surface area (Å²) >= 11 is 0. The van der Waals surface area contributed by atoms with Crippen molar-refractivity contribution in [3.8, 4) is 11.3 Å². The number of nitrogens with zero attached hydrogens (tertiary/aromatic N) is 3. The van der Waals surface area contributed by atoms with Gasteiger partial charge in [0.2, 0.25) is 0 Å². The highest BCUT2D eigenvalue weighted by Gasteiger charge is 2.24. The molecule has 0 saturated heterocycles. The Hall–Kier alpha value is -1.71. The maximum atomic E-state index is 13.9. The molecule has 0 atom stereocenters. The van der Waals surface area contributed by atoms with Crippen LogP contribution in [0.4, 0.5) is 4.39 Å². The maximum absolute atomic E-state index is 13.9. The van der Waals surface area contributed by atoms with Crippen LogP contribution in [0.2, 0.25) is 0 Å². The van der Waals surface area contributed by atoms with Crippen LogP contribution in [0.5, 0.6) is 0 Å². The number of rotatable bonds is 3. The Morgan fingerprint density at radius 3 is 2.72 bits per heavy atom. The molecule has 0 aromatic carbocycles. The predicted octanol–water partition coefficient (Wildman–Crippen LogP) is 3.54. The molecule has 0 N–H and O–H groups in total. The van der Waals surface area contributed by atoms with Crippen LogP contribution in [0.25, 0.3) is 11.3 Å². The Kier molecular flexibility index (Phi) is 2.65. The van der Waals surface area contributed by atoms with Crippen LogP contribution >= 0.6 is 0 Å². The van der Waals surface area contributed by atoms with Crippen LogP contribution in [-0.4, -0.2) is 14.8 Å². The Balaban J connectivity index is 1.93. The third kappa shape index (κ3) is 2.03. The van der Waals surface area contributed by atoms with Gasteiger partial charge in [0.1, 0.15) is 5.82 Å². The van der Waals surface area contributed by atoms with E-state index in [0.717, 1.165) is 5.56 Å². The summed E-state index contributed by atoms with van der Waals surface area (Å²) in [4.78, 5) is 4.33. The summed E-state index contributed by atoms with van der Waals surface area (Å²) in [6, 6.07) is 2.04. The lowest BCUT2D eigenvalue weighted by Gasteiger charge is -2.07. The summed E-state index contributed by atoms with van der Waals surface area (Å²) in [7, 11) is 0. The first-order chi connectivity index (χ1) is 8.65. The minimum Gasteiger partial charge on any atom is -0.269 e. The SMILES string of the molecule is CC(C)c1cnc(-c2cnn(C3CC3)c2)cc1F. The number of halogens is 1. The fourth-order valence-electron chi connectivity index (χ4n) is 2.03. The second kappa shape index (κ2) is 4.19. The van der Waals surface area contributed by atoms with E-state index >= 15 is 0 Å².